The monoisotopic (exact) mass is 202 g/mol. The van der Waals surface area contributed by atoms with Gasteiger partial charge < -0.3 is 15.6 Å². The molecule has 0 saturated heterocycles. The van der Waals surface area contributed by atoms with Gasteiger partial charge in [-0.15, -0.1) is 0 Å². The number of hydrogen-bond acceptors (Lipinski definition) is 5. The Kier molecular flexibility index (Phi) is 1.61. The second-order valence-electron chi connectivity index (χ2n) is 3.50. The summed E-state index contributed by atoms with van der Waals surface area (Å²) in [6.07, 6.45) is 5.15. The van der Waals surface area contributed by atoms with Crippen LogP contribution in [0.1, 0.15) is 11.3 Å². The normalized spacial score (nSPS) is 14.3. The lowest BCUT2D eigenvalue weighted by atomic mass is 10.3. The summed E-state index contributed by atoms with van der Waals surface area (Å²) in [6, 6.07) is 0. The van der Waals surface area contributed by atoms with Crippen LogP contribution in [0.3, 0.4) is 0 Å². The maximum absolute atomic E-state index is 5.53. The molecule has 3 heterocycles. The lowest BCUT2D eigenvalue weighted by Crippen LogP contribution is -2.14. The minimum absolute atomic E-state index is 0.437. The van der Waals surface area contributed by atoms with Crippen molar-refractivity contribution in [2.24, 2.45) is 0 Å². The predicted octanol–water partition coefficient (Wildman–Crippen LogP) is 0.302. The van der Waals surface area contributed by atoms with Gasteiger partial charge in [-0.05, 0) is 0 Å². The Bertz CT molecular complexity index is 466. The molecule has 0 radical (unpaired) electrons. The number of hydrogen-bond donors (Lipinski definition) is 2. The Labute approximate surface area is 86.2 Å². The summed E-state index contributed by atoms with van der Waals surface area (Å²) >= 11 is 0. The summed E-state index contributed by atoms with van der Waals surface area (Å²) in [7, 11) is 0. The largest absolute Gasteiger partial charge is 0.369 e. The van der Waals surface area contributed by atoms with Crippen LogP contribution in [-0.2, 0) is 13.1 Å². The first-order valence-electron chi connectivity index (χ1n) is 4.66. The Morgan fingerprint density at radius 1 is 1.27 bits per heavy atom. The molecule has 2 aromatic heterocycles. The van der Waals surface area contributed by atoms with Crippen molar-refractivity contribution in [1.29, 1.82) is 0 Å². The van der Waals surface area contributed by atoms with E-state index in [1.807, 2.05) is 6.20 Å². The summed E-state index contributed by atoms with van der Waals surface area (Å²) in [5.74, 6) is 1.36. The van der Waals surface area contributed by atoms with Crippen LogP contribution in [-0.4, -0.2) is 19.9 Å². The molecular formula is C9H10N6. The molecule has 6 nitrogen and oxygen atoms in total. The van der Waals surface area contributed by atoms with Crippen molar-refractivity contribution in [2.45, 2.75) is 13.1 Å². The molecular weight excluding hydrogens is 192 g/mol. The molecule has 76 valence electrons. The highest BCUT2D eigenvalue weighted by Gasteiger charge is 2.21. The first kappa shape index (κ1) is 8.22. The molecule has 0 aliphatic carbocycles. The van der Waals surface area contributed by atoms with E-state index in [0.29, 0.717) is 5.95 Å². The predicted molar refractivity (Wildman–Crippen MR) is 54.9 cm³/mol. The van der Waals surface area contributed by atoms with Crippen LogP contribution in [0, 0.1) is 0 Å². The Morgan fingerprint density at radius 2 is 2.20 bits per heavy atom. The summed E-state index contributed by atoms with van der Waals surface area (Å²) in [5, 5.41) is 0. The molecule has 2 aromatic rings. The van der Waals surface area contributed by atoms with Gasteiger partial charge in [0.2, 0.25) is 0 Å². The molecule has 0 unspecified atom stereocenters. The minimum atomic E-state index is 0.437. The molecule has 0 fully saturated rings. The molecule has 0 amide bonds. The lowest BCUT2D eigenvalue weighted by Gasteiger charge is -2.13. The third-order valence-electron chi connectivity index (χ3n) is 2.51. The van der Waals surface area contributed by atoms with E-state index in [9.17, 15) is 0 Å². The molecule has 3 rings (SSSR count). The number of aromatic nitrogens is 4. The summed E-state index contributed by atoms with van der Waals surface area (Å²) < 4.78 is 0. The SMILES string of the molecule is Nc1ncc(N2Cc3cncnc3C2)[nH]1. The molecule has 0 saturated carbocycles. The maximum Gasteiger partial charge on any atom is 0.199 e. The Morgan fingerprint density at radius 3 is 2.93 bits per heavy atom. The van der Waals surface area contributed by atoms with Crippen LogP contribution in [0.25, 0.3) is 0 Å². The third-order valence-corrected chi connectivity index (χ3v) is 2.51. The summed E-state index contributed by atoms with van der Waals surface area (Å²) in [4.78, 5) is 17.3. The van der Waals surface area contributed by atoms with E-state index < -0.39 is 0 Å². The Balaban J connectivity index is 1.90. The molecule has 15 heavy (non-hydrogen) atoms. The maximum atomic E-state index is 5.53. The van der Waals surface area contributed by atoms with Gasteiger partial charge in [0.05, 0.1) is 18.4 Å². The van der Waals surface area contributed by atoms with Gasteiger partial charge in [-0.2, -0.15) is 0 Å². The molecule has 1 aliphatic rings. The van der Waals surface area contributed by atoms with Crippen molar-refractivity contribution in [2.75, 3.05) is 10.6 Å². The molecule has 3 N–H and O–H groups in total. The average molecular weight is 202 g/mol. The third kappa shape index (κ3) is 1.30. The fraction of sp³-hybridized carbons (Fsp3) is 0.222. The number of nitrogens with zero attached hydrogens (tertiary/aromatic N) is 4. The second kappa shape index (κ2) is 2.94. The van der Waals surface area contributed by atoms with E-state index in [4.69, 9.17) is 5.73 Å². The van der Waals surface area contributed by atoms with Gasteiger partial charge in [0, 0.05) is 18.3 Å². The number of fused-ring (bicyclic) bond motifs is 1. The van der Waals surface area contributed by atoms with E-state index >= 15 is 0 Å². The highest BCUT2D eigenvalue weighted by atomic mass is 15.2. The summed E-state index contributed by atoms with van der Waals surface area (Å²) in [6.45, 7) is 1.58. The van der Waals surface area contributed by atoms with E-state index in [2.05, 4.69) is 24.8 Å². The number of anilines is 2. The van der Waals surface area contributed by atoms with Gasteiger partial charge in [0.15, 0.2) is 5.95 Å². The highest BCUT2D eigenvalue weighted by molar-refractivity contribution is 5.46. The van der Waals surface area contributed by atoms with Crippen LogP contribution >= 0.6 is 0 Å². The number of H-pyrrole nitrogens is 1. The number of nitrogen functional groups attached to an aromatic ring is 1. The zero-order valence-electron chi connectivity index (χ0n) is 8.01. The standard InChI is InChI=1S/C9H10N6/c10-9-12-2-8(14-9)15-3-6-1-11-5-13-7(6)4-15/h1-2,5H,3-4H2,(H3,10,12,14). The van der Waals surface area contributed by atoms with Crippen molar-refractivity contribution in [3.8, 4) is 0 Å². The van der Waals surface area contributed by atoms with Crippen LogP contribution < -0.4 is 10.6 Å². The van der Waals surface area contributed by atoms with Crippen molar-refractivity contribution < 1.29 is 0 Å². The second-order valence-corrected chi connectivity index (χ2v) is 3.50. The van der Waals surface area contributed by atoms with Crippen LogP contribution in [0.15, 0.2) is 18.7 Å². The fourth-order valence-corrected chi connectivity index (χ4v) is 1.76. The molecule has 1 aliphatic heterocycles. The molecule has 0 aromatic carbocycles. The lowest BCUT2D eigenvalue weighted by molar-refractivity contribution is 0.854. The smallest absolute Gasteiger partial charge is 0.199 e. The van der Waals surface area contributed by atoms with Gasteiger partial charge in [-0.1, -0.05) is 0 Å². The van der Waals surface area contributed by atoms with Crippen molar-refractivity contribution in [3.05, 3.63) is 30.0 Å². The van der Waals surface area contributed by atoms with Crippen molar-refractivity contribution in [3.63, 3.8) is 0 Å². The summed E-state index contributed by atoms with van der Waals surface area (Å²) in [5.41, 5.74) is 7.76. The van der Waals surface area contributed by atoms with Crippen molar-refractivity contribution >= 4 is 11.8 Å². The zero-order chi connectivity index (χ0) is 10.3. The van der Waals surface area contributed by atoms with Crippen LogP contribution in [0.2, 0.25) is 0 Å². The molecule has 0 atom stereocenters. The van der Waals surface area contributed by atoms with Gasteiger partial charge in [-0.3, -0.25) is 0 Å². The molecule has 6 heteroatoms. The topological polar surface area (TPSA) is 83.7 Å². The highest BCUT2D eigenvalue weighted by Crippen LogP contribution is 2.24. The number of nitrogens with one attached hydrogen (secondary N) is 1. The quantitative estimate of drug-likeness (QED) is 0.695. The zero-order valence-corrected chi connectivity index (χ0v) is 8.01. The molecule has 0 bridgehead atoms. The van der Waals surface area contributed by atoms with E-state index in [1.54, 1.807) is 12.5 Å². The minimum Gasteiger partial charge on any atom is -0.369 e. The number of imidazole rings is 1. The number of nitrogens with two attached hydrogens (primary N) is 1. The Hall–Kier alpha value is -2.11. The van der Waals surface area contributed by atoms with E-state index in [0.717, 1.165) is 30.2 Å². The van der Waals surface area contributed by atoms with E-state index in [1.165, 1.54) is 0 Å². The van der Waals surface area contributed by atoms with Crippen LogP contribution in [0.4, 0.5) is 11.8 Å². The van der Waals surface area contributed by atoms with E-state index in [-0.39, 0.29) is 0 Å². The fourth-order valence-electron chi connectivity index (χ4n) is 1.76. The van der Waals surface area contributed by atoms with Gasteiger partial charge in [0.25, 0.3) is 0 Å². The van der Waals surface area contributed by atoms with Crippen LogP contribution in [0.5, 0.6) is 0 Å². The average Bonchev–Trinajstić information content (AvgIpc) is 2.82. The van der Waals surface area contributed by atoms with Gasteiger partial charge in [0.1, 0.15) is 12.1 Å². The first-order chi connectivity index (χ1) is 7.33. The van der Waals surface area contributed by atoms with Crippen molar-refractivity contribution in [1.82, 2.24) is 19.9 Å². The first-order valence-corrected chi connectivity index (χ1v) is 4.66. The van der Waals surface area contributed by atoms with Gasteiger partial charge >= 0.3 is 0 Å². The van der Waals surface area contributed by atoms with Gasteiger partial charge in [-0.25, -0.2) is 15.0 Å². The number of aromatic amines is 1. The molecule has 0 spiro atoms. The number of rotatable bonds is 1.